The number of rotatable bonds is 3. The molecule has 0 saturated carbocycles. The molecule has 2 N–H and O–H groups in total. The summed E-state index contributed by atoms with van der Waals surface area (Å²) < 4.78 is 4.77. The Kier molecular flexibility index (Phi) is 3.39. The maximum atomic E-state index is 12.3. The van der Waals surface area contributed by atoms with Crippen LogP contribution in [0.1, 0.15) is 21.4 Å². The lowest BCUT2D eigenvalue weighted by atomic mass is 10.2. The zero-order valence-electron chi connectivity index (χ0n) is 12.6. The lowest BCUT2D eigenvalue weighted by Gasteiger charge is -2.01. The summed E-state index contributed by atoms with van der Waals surface area (Å²) in [6, 6.07) is 9.34. The molecule has 3 heterocycles. The first-order valence-corrected chi connectivity index (χ1v) is 8.05. The lowest BCUT2D eigenvalue weighted by Crippen LogP contribution is -2.23. The molecule has 3 aromatic heterocycles. The van der Waals surface area contributed by atoms with Crippen LogP contribution in [0.15, 0.2) is 39.6 Å². The van der Waals surface area contributed by atoms with Crippen molar-refractivity contribution in [1.29, 1.82) is 0 Å². The maximum absolute atomic E-state index is 12.3. The minimum atomic E-state index is -0.347. The Morgan fingerprint density at radius 1 is 1.33 bits per heavy atom. The number of nitrogens with one attached hydrogen (secondary N) is 2. The van der Waals surface area contributed by atoms with Crippen LogP contribution in [0.5, 0.6) is 0 Å². The van der Waals surface area contributed by atoms with Gasteiger partial charge in [0.2, 0.25) is 5.89 Å². The number of aryl methyl sites for hydroxylation is 1. The van der Waals surface area contributed by atoms with E-state index in [2.05, 4.69) is 20.4 Å². The Labute approximate surface area is 139 Å². The SMILES string of the molecule is Cc1noc(CNC(=O)c2cc3c([nH]c4ccccc43)c(=O)s2)n1. The van der Waals surface area contributed by atoms with Gasteiger partial charge >= 0.3 is 0 Å². The number of nitrogens with zero attached hydrogens (tertiary/aromatic N) is 2. The number of H-pyrrole nitrogens is 1. The van der Waals surface area contributed by atoms with Gasteiger partial charge in [-0.25, -0.2) is 0 Å². The normalized spacial score (nSPS) is 11.2. The number of benzene rings is 1. The Balaban J connectivity index is 1.69. The average molecular weight is 340 g/mol. The fraction of sp³-hybridized carbons (Fsp3) is 0.125. The van der Waals surface area contributed by atoms with Gasteiger partial charge in [-0.1, -0.05) is 34.7 Å². The number of fused-ring (bicyclic) bond motifs is 3. The van der Waals surface area contributed by atoms with Gasteiger partial charge in [-0.2, -0.15) is 4.98 Å². The molecule has 7 nitrogen and oxygen atoms in total. The molecule has 1 amide bonds. The predicted molar refractivity (Wildman–Crippen MR) is 90.2 cm³/mol. The van der Waals surface area contributed by atoms with Crippen molar-refractivity contribution >= 4 is 39.0 Å². The van der Waals surface area contributed by atoms with Gasteiger partial charge in [0.05, 0.1) is 11.4 Å². The second-order valence-corrected chi connectivity index (χ2v) is 6.29. The van der Waals surface area contributed by atoms with Crippen LogP contribution in [-0.4, -0.2) is 21.0 Å². The molecule has 0 bridgehead atoms. The molecule has 8 heteroatoms. The van der Waals surface area contributed by atoms with Crippen LogP contribution in [0.4, 0.5) is 0 Å². The number of amides is 1. The van der Waals surface area contributed by atoms with Crippen LogP contribution in [0.2, 0.25) is 0 Å². The largest absolute Gasteiger partial charge is 0.351 e. The van der Waals surface area contributed by atoms with Crippen LogP contribution >= 0.6 is 11.3 Å². The van der Waals surface area contributed by atoms with E-state index >= 15 is 0 Å². The quantitative estimate of drug-likeness (QED) is 0.596. The summed E-state index contributed by atoms with van der Waals surface area (Å²) in [5.74, 6) is 0.477. The van der Waals surface area contributed by atoms with E-state index < -0.39 is 0 Å². The highest BCUT2D eigenvalue weighted by atomic mass is 32.1. The average Bonchev–Trinajstić information content (AvgIpc) is 3.16. The van der Waals surface area contributed by atoms with Crippen molar-refractivity contribution in [1.82, 2.24) is 20.4 Å². The number of carbonyl (C=O) groups excluding carboxylic acids is 1. The van der Waals surface area contributed by atoms with E-state index in [9.17, 15) is 9.59 Å². The first-order valence-electron chi connectivity index (χ1n) is 7.24. The predicted octanol–water partition coefficient (Wildman–Crippen LogP) is 2.36. The summed E-state index contributed by atoms with van der Waals surface area (Å²) in [6.45, 7) is 1.82. The van der Waals surface area contributed by atoms with Crippen LogP contribution in [0, 0.1) is 6.92 Å². The lowest BCUT2D eigenvalue weighted by molar-refractivity contribution is 0.0950. The summed E-state index contributed by atoms with van der Waals surface area (Å²) in [5, 5.41) is 8.01. The standard InChI is InChI=1S/C16H12N4O3S/c1-8-18-13(23-20-8)7-17-15(21)12-6-10-9-4-2-3-5-11(9)19-14(10)16(22)24-12/h2-6,19H,7H2,1H3,(H,17,21). The van der Waals surface area contributed by atoms with Gasteiger partial charge in [0.1, 0.15) is 5.52 Å². The molecule has 4 rings (SSSR count). The summed E-state index contributed by atoms with van der Waals surface area (Å²) in [4.78, 5) is 32.1. The van der Waals surface area contributed by atoms with E-state index in [4.69, 9.17) is 4.52 Å². The van der Waals surface area contributed by atoms with E-state index in [1.165, 1.54) is 0 Å². The molecule has 1 aromatic carbocycles. The van der Waals surface area contributed by atoms with Gasteiger partial charge in [0.25, 0.3) is 10.6 Å². The van der Waals surface area contributed by atoms with Crippen LogP contribution < -0.4 is 10.1 Å². The fourth-order valence-corrected chi connectivity index (χ4v) is 3.36. The molecule has 0 unspecified atom stereocenters. The number of carbonyl (C=O) groups is 1. The number of hydrogen-bond acceptors (Lipinski definition) is 6. The van der Waals surface area contributed by atoms with Crippen molar-refractivity contribution in [3.05, 3.63) is 56.5 Å². The summed E-state index contributed by atoms with van der Waals surface area (Å²) in [5.41, 5.74) is 1.39. The molecule has 0 aliphatic carbocycles. The molecule has 0 atom stereocenters. The highest BCUT2D eigenvalue weighted by molar-refractivity contribution is 7.12. The fourth-order valence-electron chi connectivity index (χ4n) is 2.55. The highest BCUT2D eigenvalue weighted by Crippen LogP contribution is 2.25. The van der Waals surface area contributed by atoms with E-state index in [0.29, 0.717) is 22.1 Å². The Bertz CT molecular complexity index is 1130. The van der Waals surface area contributed by atoms with Crippen molar-refractivity contribution in [2.24, 2.45) is 0 Å². The summed E-state index contributed by atoms with van der Waals surface area (Å²) in [7, 11) is 0. The van der Waals surface area contributed by atoms with Crippen LogP contribution in [0.3, 0.4) is 0 Å². The summed E-state index contributed by atoms with van der Waals surface area (Å²) in [6.07, 6.45) is 0. The van der Waals surface area contributed by atoms with Gasteiger partial charge in [0.15, 0.2) is 5.82 Å². The highest BCUT2D eigenvalue weighted by Gasteiger charge is 2.14. The van der Waals surface area contributed by atoms with E-state index in [-0.39, 0.29) is 17.2 Å². The second kappa shape index (κ2) is 5.57. The molecule has 0 fully saturated rings. The number of hydrogen-bond donors (Lipinski definition) is 2. The Hall–Kier alpha value is -3.00. The minimum Gasteiger partial charge on any atom is -0.351 e. The van der Waals surface area contributed by atoms with Crippen molar-refractivity contribution in [3.63, 3.8) is 0 Å². The molecule has 24 heavy (non-hydrogen) atoms. The number of para-hydroxylation sites is 1. The van der Waals surface area contributed by atoms with Gasteiger partial charge in [-0.15, -0.1) is 0 Å². The number of aromatic nitrogens is 3. The van der Waals surface area contributed by atoms with Gasteiger partial charge in [-0.05, 0) is 19.1 Å². The van der Waals surface area contributed by atoms with Crippen LogP contribution in [0.25, 0.3) is 21.8 Å². The van der Waals surface area contributed by atoms with Gasteiger partial charge in [-0.3, -0.25) is 9.59 Å². The van der Waals surface area contributed by atoms with Crippen molar-refractivity contribution in [2.75, 3.05) is 0 Å². The van der Waals surface area contributed by atoms with Crippen molar-refractivity contribution in [2.45, 2.75) is 13.5 Å². The van der Waals surface area contributed by atoms with Gasteiger partial charge < -0.3 is 14.8 Å². The molecular weight excluding hydrogens is 328 g/mol. The minimum absolute atomic E-state index is 0.118. The zero-order valence-corrected chi connectivity index (χ0v) is 13.4. The van der Waals surface area contributed by atoms with Crippen molar-refractivity contribution in [3.8, 4) is 0 Å². The van der Waals surface area contributed by atoms with E-state index in [1.54, 1.807) is 13.0 Å². The maximum Gasteiger partial charge on any atom is 0.261 e. The summed E-state index contributed by atoms with van der Waals surface area (Å²) >= 11 is 0.905. The molecule has 0 aliphatic heterocycles. The molecule has 0 spiro atoms. The van der Waals surface area contributed by atoms with E-state index in [0.717, 1.165) is 27.6 Å². The van der Waals surface area contributed by atoms with E-state index in [1.807, 2.05) is 24.3 Å². The monoisotopic (exact) mass is 340 g/mol. The first kappa shape index (κ1) is 14.6. The zero-order chi connectivity index (χ0) is 16.7. The molecule has 120 valence electrons. The first-order chi connectivity index (χ1) is 11.6. The molecule has 0 aliphatic rings. The third-order valence-corrected chi connectivity index (χ3v) is 4.53. The van der Waals surface area contributed by atoms with Crippen molar-refractivity contribution < 1.29 is 9.32 Å². The Morgan fingerprint density at radius 2 is 2.17 bits per heavy atom. The third kappa shape index (κ3) is 2.46. The number of aromatic amines is 1. The smallest absolute Gasteiger partial charge is 0.261 e. The topological polar surface area (TPSA) is 101 Å². The second-order valence-electron chi connectivity index (χ2n) is 5.28. The molecule has 4 aromatic rings. The molecule has 0 saturated heterocycles. The van der Waals surface area contributed by atoms with Crippen LogP contribution in [-0.2, 0) is 6.54 Å². The molecule has 0 radical (unpaired) electrons. The molecular formula is C16H12N4O3S. The third-order valence-electron chi connectivity index (χ3n) is 3.62. The van der Waals surface area contributed by atoms with Gasteiger partial charge in [0, 0.05) is 16.3 Å². The Morgan fingerprint density at radius 3 is 2.96 bits per heavy atom.